The van der Waals surface area contributed by atoms with Crippen LogP contribution in [0.2, 0.25) is 0 Å². The molecule has 0 N–H and O–H groups in total. The van der Waals surface area contributed by atoms with Gasteiger partial charge in [-0.3, -0.25) is 0 Å². The Morgan fingerprint density at radius 2 is 1.53 bits per heavy atom. The number of allylic oxidation sites excluding steroid dienone is 4. The molecule has 3 rings (SSSR count). The van der Waals surface area contributed by atoms with Crippen LogP contribution in [0.5, 0.6) is 5.75 Å². The van der Waals surface area contributed by atoms with Crippen LogP contribution >= 0.6 is 0 Å². The van der Waals surface area contributed by atoms with Crippen molar-refractivity contribution in [3.05, 3.63) is 82.3 Å². The Kier molecular flexibility index (Phi) is 3.97. The van der Waals surface area contributed by atoms with E-state index >= 15 is 0 Å². The van der Waals surface area contributed by atoms with Crippen LogP contribution in [-0.4, -0.2) is 0 Å². The summed E-state index contributed by atoms with van der Waals surface area (Å²) in [5.74, 6) is 0.981. The first kappa shape index (κ1) is 12.5. The average molecular weight is 282 g/mol. The van der Waals surface area contributed by atoms with Gasteiger partial charge in [0.25, 0.3) is 0 Å². The van der Waals surface area contributed by atoms with E-state index in [2.05, 4.69) is 42.5 Å². The van der Waals surface area contributed by atoms with Gasteiger partial charge in [0.15, 0.2) is 0 Å². The van der Waals surface area contributed by atoms with Crippen LogP contribution < -0.4 is 3.32 Å². The van der Waals surface area contributed by atoms with E-state index in [0.29, 0.717) is 0 Å². The average Bonchev–Trinajstić information content (AvgIpc) is 2.95. The molecule has 0 amide bonds. The Balaban J connectivity index is 1.77. The molecule has 0 fully saturated rings. The van der Waals surface area contributed by atoms with Gasteiger partial charge in [0, 0.05) is 0 Å². The van der Waals surface area contributed by atoms with E-state index in [4.69, 9.17) is 3.32 Å². The SMILES string of the molecule is C1=CC(c2ccccc2)=[C]([Ti][O]c2ccccc2)C1. The Morgan fingerprint density at radius 3 is 2.26 bits per heavy atom. The molecule has 2 aromatic carbocycles. The molecule has 0 aromatic heterocycles. The van der Waals surface area contributed by atoms with Gasteiger partial charge in [-0.1, -0.05) is 0 Å². The number of para-hydroxylation sites is 1. The first-order valence-electron chi connectivity index (χ1n) is 6.36. The van der Waals surface area contributed by atoms with Gasteiger partial charge in [0.05, 0.1) is 0 Å². The second kappa shape index (κ2) is 6.05. The molecule has 0 heterocycles. The predicted octanol–water partition coefficient (Wildman–Crippen LogP) is 4.43. The zero-order valence-corrected chi connectivity index (χ0v) is 12.1. The van der Waals surface area contributed by atoms with Crippen molar-refractivity contribution in [2.24, 2.45) is 0 Å². The molecule has 0 atom stereocenters. The molecule has 1 nitrogen and oxygen atoms in total. The molecule has 2 heteroatoms. The van der Waals surface area contributed by atoms with Crippen LogP contribution in [0.15, 0.2) is 76.7 Å². The molecule has 1 aliphatic carbocycles. The van der Waals surface area contributed by atoms with Gasteiger partial charge >= 0.3 is 123 Å². The molecule has 2 aromatic rings. The van der Waals surface area contributed by atoms with Crippen LogP contribution in [0, 0.1) is 0 Å². The Labute approximate surface area is 123 Å². The fraction of sp³-hybridized carbons (Fsp3) is 0.0588. The van der Waals surface area contributed by atoms with Gasteiger partial charge in [-0.15, -0.1) is 0 Å². The predicted molar refractivity (Wildman–Crippen MR) is 74.2 cm³/mol. The van der Waals surface area contributed by atoms with Crippen LogP contribution in [-0.2, 0) is 19.5 Å². The zero-order valence-electron chi connectivity index (χ0n) is 10.5. The molecular formula is C17H14OTi. The molecule has 0 saturated heterocycles. The van der Waals surface area contributed by atoms with Crippen molar-refractivity contribution in [2.75, 3.05) is 0 Å². The summed E-state index contributed by atoms with van der Waals surface area (Å²) in [4.78, 5) is 0. The fourth-order valence-electron chi connectivity index (χ4n) is 2.10. The number of benzene rings is 2. The standard InChI is InChI=1S/C11H9.C6H6O.Ti/c1-2-6-10(7-3-1)11-8-4-5-9-11;7-6-4-2-1-3-5-6;/h1-4,6-8H,5H2;1-5,7H;/q;;+1/p-1. The molecular weight excluding hydrogens is 268 g/mol. The van der Waals surface area contributed by atoms with Gasteiger partial charge in [-0.25, -0.2) is 0 Å². The number of hydrogen-bond donors (Lipinski definition) is 0. The van der Waals surface area contributed by atoms with Gasteiger partial charge in [0.1, 0.15) is 0 Å². The van der Waals surface area contributed by atoms with Crippen LogP contribution in [0.4, 0.5) is 0 Å². The molecule has 0 radical (unpaired) electrons. The molecule has 92 valence electrons. The minimum absolute atomic E-state index is 0.551. The van der Waals surface area contributed by atoms with E-state index in [9.17, 15) is 0 Å². The van der Waals surface area contributed by atoms with Gasteiger partial charge in [-0.05, 0) is 0 Å². The molecule has 0 unspecified atom stereocenters. The van der Waals surface area contributed by atoms with Crippen molar-refractivity contribution in [3.8, 4) is 5.75 Å². The van der Waals surface area contributed by atoms with Crippen molar-refractivity contribution >= 4 is 5.57 Å². The summed E-state index contributed by atoms with van der Waals surface area (Å²) >= 11 is -0.551. The molecule has 0 spiro atoms. The van der Waals surface area contributed by atoms with E-state index in [-0.39, 0.29) is 0 Å². The van der Waals surface area contributed by atoms with E-state index < -0.39 is 19.5 Å². The zero-order chi connectivity index (χ0) is 12.9. The van der Waals surface area contributed by atoms with Crippen LogP contribution in [0.3, 0.4) is 0 Å². The van der Waals surface area contributed by atoms with E-state index in [1.165, 1.54) is 15.0 Å². The summed E-state index contributed by atoms with van der Waals surface area (Å²) < 4.78 is 7.44. The van der Waals surface area contributed by atoms with Crippen molar-refractivity contribution in [2.45, 2.75) is 6.42 Å². The molecule has 19 heavy (non-hydrogen) atoms. The third kappa shape index (κ3) is 3.06. The van der Waals surface area contributed by atoms with Gasteiger partial charge in [0.2, 0.25) is 0 Å². The second-order valence-corrected chi connectivity index (χ2v) is 5.96. The first-order chi connectivity index (χ1) is 9.43. The Morgan fingerprint density at radius 1 is 0.842 bits per heavy atom. The van der Waals surface area contributed by atoms with Crippen molar-refractivity contribution in [1.82, 2.24) is 0 Å². The summed E-state index contributed by atoms with van der Waals surface area (Å²) in [5.41, 5.74) is 2.66. The molecule has 1 aliphatic rings. The van der Waals surface area contributed by atoms with Gasteiger partial charge < -0.3 is 0 Å². The molecule has 0 saturated carbocycles. The van der Waals surface area contributed by atoms with Crippen LogP contribution in [0.1, 0.15) is 12.0 Å². The molecule has 0 aliphatic heterocycles. The number of hydrogen-bond acceptors (Lipinski definition) is 1. The summed E-state index contributed by atoms with van der Waals surface area (Å²) in [5, 5.41) is 0. The monoisotopic (exact) mass is 282 g/mol. The minimum atomic E-state index is -0.551. The Hall–Kier alpha value is -1.57. The summed E-state index contributed by atoms with van der Waals surface area (Å²) in [7, 11) is 0. The van der Waals surface area contributed by atoms with Crippen LogP contribution in [0.25, 0.3) is 5.57 Å². The number of rotatable bonds is 4. The van der Waals surface area contributed by atoms with Crippen molar-refractivity contribution in [1.29, 1.82) is 0 Å². The van der Waals surface area contributed by atoms with Gasteiger partial charge in [-0.2, -0.15) is 0 Å². The molecule has 0 bridgehead atoms. The van der Waals surface area contributed by atoms with E-state index in [1.807, 2.05) is 30.3 Å². The maximum absolute atomic E-state index is 5.97. The summed E-state index contributed by atoms with van der Waals surface area (Å²) in [6.45, 7) is 0. The van der Waals surface area contributed by atoms with Crippen molar-refractivity contribution < 1.29 is 22.9 Å². The third-order valence-corrected chi connectivity index (χ3v) is 4.70. The topological polar surface area (TPSA) is 9.23 Å². The Bertz CT molecular complexity index is 600. The van der Waals surface area contributed by atoms with Crippen molar-refractivity contribution in [3.63, 3.8) is 0 Å². The second-order valence-electron chi connectivity index (χ2n) is 4.38. The summed E-state index contributed by atoms with van der Waals surface area (Å²) in [6.07, 6.45) is 5.50. The quantitative estimate of drug-likeness (QED) is 0.753. The first-order valence-corrected chi connectivity index (χ1v) is 7.78. The van der Waals surface area contributed by atoms with E-state index in [1.54, 1.807) is 0 Å². The fourth-order valence-corrected chi connectivity index (χ4v) is 3.53. The third-order valence-electron chi connectivity index (χ3n) is 3.05. The normalized spacial score (nSPS) is 13.7. The maximum atomic E-state index is 5.97. The summed E-state index contributed by atoms with van der Waals surface area (Å²) in [6, 6.07) is 20.6. The van der Waals surface area contributed by atoms with E-state index in [0.717, 1.165) is 12.2 Å².